The van der Waals surface area contributed by atoms with E-state index in [1.54, 1.807) is 0 Å². The van der Waals surface area contributed by atoms with Crippen molar-refractivity contribution in [2.75, 3.05) is 30.3 Å². The zero-order valence-corrected chi connectivity index (χ0v) is 14.6. The van der Waals surface area contributed by atoms with Gasteiger partial charge in [0.25, 0.3) is 0 Å². The molecule has 0 aromatic heterocycles. The number of ether oxygens (including phenoxy) is 1. The summed E-state index contributed by atoms with van der Waals surface area (Å²) in [5.41, 5.74) is 2.10. The fourth-order valence-corrected chi connectivity index (χ4v) is 2.31. The third kappa shape index (κ3) is 6.83. The van der Waals surface area contributed by atoms with E-state index in [9.17, 15) is 0 Å². The fraction of sp³-hybridized carbons (Fsp3) is 0.368. The maximum Gasteiger partial charge on any atom is 0.121 e. The standard InChI is InChI=1S/C19H25ClN2O/c1-15(2)9-12-23-19-8-4-7-18(14-19)22-11-10-21-17-6-3-5-16(20)13-17/h3-8,13-15,21-22H,9-12H2,1-2H3. The largest absolute Gasteiger partial charge is 0.494 e. The second kappa shape index (κ2) is 9.31. The summed E-state index contributed by atoms with van der Waals surface area (Å²) in [5, 5.41) is 7.48. The monoisotopic (exact) mass is 332 g/mol. The predicted molar refractivity (Wildman–Crippen MR) is 99.8 cm³/mol. The second-order valence-electron chi connectivity index (χ2n) is 5.92. The molecule has 0 radical (unpaired) electrons. The van der Waals surface area contributed by atoms with Gasteiger partial charge in [0, 0.05) is 35.6 Å². The maximum absolute atomic E-state index is 5.96. The van der Waals surface area contributed by atoms with Gasteiger partial charge in [-0.05, 0) is 42.7 Å². The Morgan fingerprint density at radius 3 is 2.26 bits per heavy atom. The van der Waals surface area contributed by atoms with Crippen LogP contribution in [-0.2, 0) is 0 Å². The van der Waals surface area contributed by atoms with Gasteiger partial charge in [0.1, 0.15) is 5.75 Å². The molecule has 0 fully saturated rings. The SMILES string of the molecule is CC(C)CCOc1cccc(NCCNc2cccc(Cl)c2)c1. The molecule has 23 heavy (non-hydrogen) atoms. The van der Waals surface area contributed by atoms with Crippen molar-refractivity contribution in [3.05, 3.63) is 53.6 Å². The molecule has 124 valence electrons. The molecular formula is C19H25ClN2O. The molecule has 0 unspecified atom stereocenters. The first-order chi connectivity index (χ1) is 11.1. The van der Waals surface area contributed by atoms with Crippen molar-refractivity contribution in [3.63, 3.8) is 0 Å². The van der Waals surface area contributed by atoms with Crippen molar-refractivity contribution >= 4 is 23.0 Å². The van der Waals surface area contributed by atoms with E-state index in [1.807, 2.05) is 42.5 Å². The van der Waals surface area contributed by atoms with Gasteiger partial charge >= 0.3 is 0 Å². The lowest BCUT2D eigenvalue weighted by Crippen LogP contribution is -2.13. The summed E-state index contributed by atoms with van der Waals surface area (Å²) in [5.74, 6) is 1.58. The summed E-state index contributed by atoms with van der Waals surface area (Å²) >= 11 is 5.96. The molecule has 0 aliphatic rings. The Morgan fingerprint density at radius 1 is 0.957 bits per heavy atom. The second-order valence-corrected chi connectivity index (χ2v) is 6.36. The minimum atomic E-state index is 0.661. The first kappa shape index (κ1) is 17.5. The summed E-state index contributed by atoms with van der Waals surface area (Å²) in [6, 6.07) is 15.8. The van der Waals surface area contributed by atoms with Crippen molar-refractivity contribution in [2.24, 2.45) is 5.92 Å². The fourth-order valence-electron chi connectivity index (χ4n) is 2.12. The van der Waals surface area contributed by atoms with Gasteiger partial charge in [0.15, 0.2) is 0 Å². The topological polar surface area (TPSA) is 33.3 Å². The molecule has 0 saturated carbocycles. The minimum Gasteiger partial charge on any atom is -0.494 e. The Labute approximate surface area is 144 Å². The number of hydrogen-bond acceptors (Lipinski definition) is 3. The summed E-state index contributed by atoms with van der Waals surface area (Å²) in [6.45, 7) is 6.81. The van der Waals surface area contributed by atoms with E-state index < -0.39 is 0 Å². The summed E-state index contributed by atoms with van der Waals surface area (Å²) in [4.78, 5) is 0. The van der Waals surface area contributed by atoms with Gasteiger partial charge in [0.2, 0.25) is 0 Å². The van der Waals surface area contributed by atoms with E-state index in [0.29, 0.717) is 5.92 Å². The van der Waals surface area contributed by atoms with Crippen molar-refractivity contribution in [1.82, 2.24) is 0 Å². The third-order valence-electron chi connectivity index (χ3n) is 3.41. The Balaban J connectivity index is 1.73. The van der Waals surface area contributed by atoms with E-state index >= 15 is 0 Å². The molecule has 3 nitrogen and oxygen atoms in total. The van der Waals surface area contributed by atoms with E-state index in [4.69, 9.17) is 16.3 Å². The molecule has 0 aliphatic heterocycles. The lowest BCUT2D eigenvalue weighted by molar-refractivity contribution is 0.289. The first-order valence-corrected chi connectivity index (χ1v) is 8.47. The Bertz CT molecular complexity index is 601. The molecule has 2 aromatic carbocycles. The van der Waals surface area contributed by atoms with Crippen LogP contribution in [0, 0.1) is 5.92 Å². The van der Waals surface area contributed by atoms with Gasteiger partial charge in [-0.2, -0.15) is 0 Å². The molecule has 0 atom stereocenters. The van der Waals surface area contributed by atoms with Crippen LogP contribution in [0.1, 0.15) is 20.3 Å². The highest BCUT2D eigenvalue weighted by Gasteiger charge is 1.99. The van der Waals surface area contributed by atoms with Crippen molar-refractivity contribution in [1.29, 1.82) is 0 Å². The average molecular weight is 333 g/mol. The summed E-state index contributed by atoms with van der Waals surface area (Å²) in [6.07, 6.45) is 1.07. The van der Waals surface area contributed by atoms with Crippen LogP contribution in [0.2, 0.25) is 5.02 Å². The van der Waals surface area contributed by atoms with E-state index in [1.165, 1.54) is 0 Å². The number of rotatable bonds is 9. The van der Waals surface area contributed by atoms with Gasteiger partial charge in [-0.3, -0.25) is 0 Å². The highest BCUT2D eigenvalue weighted by Crippen LogP contribution is 2.18. The Morgan fingerprint density at radius 2 is 1.61 bits per heavy atom. The molecular weight excluding hydrogens is 308 g/mol. The number of anilines is 2. The summed E-state index contributed by atoms with van der Waals surface area (Å²) in [7, 11) is 0. The van der Waals surface area contributed by atoms with Crippen LogP contribution in [-0.4, -0.2) is 19.7 Å². The van der Waals surface area contributed by atoms with Gasteiger partial charge in [0.05, 0.1) is 6.61 Å². The zero-order valence-electron chi connectivity index (χ0n) is 13.8. The lowest BCUT2D eigenvalue weighted by atomic mass is 10.1. The van der Waals surface area contributed by atoms with E-state index in [2.05, 4.69) is 30.5 Å². The molecule has 0 amide bonds. The third-order valence-corrected chi connectivity index (χ3v) is 3.64. The normalized spacial score (nSPS) is 10.6. The number of hydrogen-bond donors (Lipinski definition) is 2. The van der Waals surface area contributed by atoms with Gasteiger partial charge in [-0.15, -0.1) is 0 Å². The molecule has 2 aromatic rings. The minimum absolute atomic E-state index is 0.661. The van der Waals surface area contributed by atoms with E-state index in [-0.39, 0.29) is 0 Å². The van der Waals surface area contributed by atoms with Crippen molar-refractivity contribution in [2.45, 2.75) is 20.3 Å². The lowest BCUT2D eigenvalue weighted by Gasteiger charge is -2.12. The molecule has 2 N–H and O–H groups in total. The van der Waals surface area contributed by atoms with Crippen LogP contribution < -0.4 is 15.4 Å². The van der Waals surface area contributed by atoms with Crippen LogP contribution in [0.5, 0.6) is 5.75 Å². The number of benzene rings is 2. The van der Waals surface area contributed by atoms with Crippen molar-refractivity contribution < 1.29 is 4.74 Å². The highest BCUT2D eigenvalue weighted by atomic mass is 35.5. The molecule has 0 aliphatic carbocycles. The zero-order chi connectivity index (χ0) is 16.5. The van der Waals surface area contributed by atoms with Crippen LogP contribution in [0.15, 0.2) is 48.5 Å². The van der Waals surface area contributed by atoms with Crippen LogP contribution >= 0.6 is 11.6 Å². The number of halogens is 1. The Hall–Kier alpha value is -1.87. The molecule has 0 heterocycles. The molecule has 4 heteroatoms. The highest BCUT2D eigenvalue weighted by molar-refractivity contribution is 6.30. The number of nitrogens with one attached hydrogen (secondary N) is 2. The quantitative estimate of drug-likeness (QED) is 0.612. The van der Waals surface area contributed by atoms with Gasteiger partial charge in [-0.1, -0.05) is 37.6 Å². The average Bonchev–Trinajstić information content (AvgIpc) is 2.52. The molecule has 0 bridgehead atoms. The Kier molecular flexibility index (Phi) is 7.08. The molecule has 0 spiro atoms. The van der Waals surface area contributed by atoms with Crippen LogP contribution in [0.25, 0.3) is 0 Å². The first-order valence-electron chi connectivity index (χ1n) is 8.09. The smallest absolute Gasteiger partial charge is 0.121 e. The predicted octanol–water partition coefficient (Wildman–Crippen LogP) is 5.29. The van der Waals surface area contributed by atoms with Crippen LogP contribution in [0.3, 0.4) is 0 Å². The maximum atomic E-state index is 5.96. The van der Waals surface area contributed by atoms with Crippen LogP contribution in [0.4, 0.5) is 11.4 Å². The summed E-state index contributed by atoms with van der Waals surface area (Å²) < 4.78 is 5.78. The molecule has 0 saturated heterocycles. The van der Waals surface area contributed by atoms with E-state index in [0.717, 1.165) is 48.3 Å². The van der Waals surface area contributed by atoms with Gasteiger partial charge in [-0.25, -0.2) is 0 Å². The molecule has 2 rings (SSSR count). The van der Waals surface area contributed by atoms with Gasteiger partial charge < -0.3 is 15.4 Å². The van der Waals surface area contributed by atoms with Crippen molar-refractivity contribution in [3.8, 4) is 5.75 Å².